The molecule has 1 saturated heterocycles. The molecule has 3 aromatic rings. The molecule has 3 aromatic carbocycles. The average molecular weight is 506 g/mol. The van der Waals surface area contributed by atoms with Crippen LogP contribution in [0.1, 0.15) is 50.2 Å². The Morgan fingerprint density at radius 2 is 1.73 bits per heavy atom. The number of carbonyl (C=O) groups is 2. The largest absolute Gasteiger partial charge is 0.397 e. The van der Waals surface area contributed by atoms with E-state index in [1.54, 1.807) is 12.1 Å². The molecule has 194 valence electrons. The average Bonchev–Trinajstić information content (AvgIpc) is 3.01. The maximum absolute atomic E-state index is 13.0. The Bertz CT molecular complexity index is 1280. The molecule has 37 heavy (non-hydrogen) atoms. The topological polar surface area (TPSA) is 168 Å². The highest BCUT2D eigenvalue weighted by molar-refractivity contribution is 6.12. The second-order valence-electron chi connectivity index (χ2n) is 9.17. The first kappa shape index (κ1) is 26.3. The van der Waals surface area contributed by atoms with Gasteiger partial charge in [-0.15, -0.1) is 0 Å². The maximum atomic E-state index is 13.0. The van der Waals surface area contributed by atoms with E-state index in [-0.39, 0.29) is 18.8 Å². The Hall–Kier alpha value is -3.76. The summed E-state index contributed by atoms with van der Waals surface area (Å²) in [5.74, 6) is -0.610. The molecule has 0 aromatic heterocycles. The van der Waals surface area contributed by atoms with Crippen LogP contribution in [0.25, 0.3) is 0 Å². The van der Waals surface area contributed by atoms with E-state index in [1.165, 1.54) is 0 Å². The lowest BCUT2D eigenvalue weighted by molar-refractivity contribution is -0.197. The second-order valence-corrected chi connectivity index (χ2v) is 9.17. The Labute approximate surface area is 214 Å². The fraction of sp³-hybridized carbons (Fsp3) is 0.286. The summed E-state index contributed by atoms with van der Waals surface area (Å²) in [5.41, 5.74) is 17.2. The molecule has 5 rings (SSSR count). The number of hydrogen-bond donors (Lipinski definition) is 6. The molecule has 1 fully saturated rings. The third-order valence-electron chi connectivity index (χ3n) is 6.45. The molecule has 9 heteroatoms. The second kappa shape index (κ2) is 11.5. The zero-order valence-electron chi connectivity index (χ0n) is 20.3. The number of rotatable bonds is 4. The third kappa shape index (κ3) is 6.33. The number of aryl methyl sites for hydroxylation is 2. The van der Waals surface area contributed by atoms with Gasteiger partial charge in [0, 0.05) is 35.2 Å². The smallest absolute Gasteiger partial charge is 0.248 e. The minimum Gasteiger partial charge on any atom is -0.397 e. The molecule has 9 nitrogen and oxygen atoms in total. The molecule has 1 amide bonds. The van der Waals surface area contributed by atoms with Crippen molar-refractivity contribution in [1.29, 1.82) is 0 Å². The molecule has 3 atom stereocenters. The molecule has 0 radical (unpaired) electrons. The highest BCUT2D eigenvalue weighted by atomic mass is 16.6. The fourth-order valence-electron chi connectivity index (χ4n) is 4.52. The summed E-state index contributed by atoms with van der Waals surface area (Å²) in [5, 5.41) is 29.8. The minimum atomic E-state index is -0.916. The van der Waals surface area contributed by atoms with E-state index in [2.05, 4.69) is 5.32 Å². The molecule has 1 aliphatic carbocycles. The van der Waals surface area contributed by atoms with Crippen molar-refractivity contribution in [3.05, 3.63) is 88.5 Å². The van der Waals surface area contributed by atoms with Crippen LogP contribution in [0.4, 0.5) is 17.1 Å². The van der Waals surface area contributed by atoms with E-state index in [0.717, 1.165) is 35.3 Å². The lowest BCUT2D eigenvalue weighted by Crippen LogP contribution is -2.37. The van der Waals surface area contributed by atoms with E-state index in [4.69, 9.17) is 31.5 Å². The van der Waals surface area contributed by atoms with Gasteiger partial charge in [-0.25, -0.2) is 0 Å². The number of aliphatic hydroxyl groups is 3. The number of amides is 1. The van der Waals surface area contributed by atoms with Gasteiger partial charge in [-0.1, -0.05) is 18.2 Å². The SMILES string of the molecule is NC(=O)c1ccc2c(c1)C(=O)c1ccc(Nc3ccccc3N)cc1CC2.OCC1CC(O)CC(O)O1. The van der Waals surface area contributed by atoms with Crippen LogP contribution >= 0.6 is 0 Å². The molecular formula is C28H31N3O6. The Morgan fingerprint density at radius 3 is 2.43 bits per heavy atom. The van der Waals surface area contributed by atoms with Crippen molar-refractivity contribution < 1.29 is 29.6 Å². The number of ketones is 1. The van der Waals surface area contributed by atoms with Crippen molar-refractivity contribution in [2.45, 2.75) is 44.2 Å². The number of nitrogens with two attached hydrogens (primary N) is 2. The molecule has 0 spiro atoms. The zero-order chi connectivity index (χ0) is 26.5. The number of nitrogens with one attached hydrogen (secondary N) is 1. The van der Waals surface area contributed by atoms with E-state index in [0.29, 0.717) is 28.8 Å². The van der Waals surface area contributed by atoms with Gasteiger partial charge in [0.25, 0.3) is 0 Å². The lowest BCUT2D eigenvalue weighted by Gasteiger charge is -2.28. The van der Waals surface area contributed by atoms with Crippen molar-refractivity contribution in [1.82, 2.24) is 0 Å². The van der Waals surface area contributed by atoms with Gasteiger partial charge in [-0.2, -0.15) is 0 Å². The van der Waals surface area contributed by atoms with Gasteiger partial charge < -0.3 is 36.8 Å². The molecule has 1 aliphatic heterocycles. The van der Waals surface area contributed by atoms with Crippen LogP contribution in [-0.2, 0) is 17.6 Å². The van der Waals surface area contributed by atoms with Crippen LogP contribution in [-0.4, -0.2) is 52.1 Å². The summed E-state index contributed by atoms with van der Waals surface area (Å²) in [7, 11) is 0. The van der Waals surface area contributed by atoms with Crippen molar-refractivity contribution in [3.8, 4) is 0 Å². The van der Waals surface area contributed by atoms with Gasteiger partial charge in [0.15, 0.2) is 12.1 Å². The molecule has 2 aliphatic rings. The van der Waals surface area contributed by atoms with Crippen molar-refractivity contribution in [3.63, 3.8) is 0 Å². The van der Waals surface area contributed by atoms with Crippen molar-refractivity contribution >= 4 is 28.8 Å². The predicted octanol–water partition coefficient (Wildman–Crippen LogP) is 2.28. The van der Waals surface area contributed by atoms with Crippen LogP contribution in [0.3, 0.4) is 0 Å². The Morgan fingerprint density at radius 1 is 0.973 bits per heavy atom. The summed E-state index contributed by atoms with van der Waals surface area (Å²) in [6.45, 7) is -0.145. The molecular weight excluding hydrogens is 474 g/mol. The maximum Gasteiger partial charge on any atom is 0.248 e. The number of carbonyl (C=O) groups excluding carboxylic acids is 2. The highest BCUT2D eigenvalue weighted by Gasteiger charge is 2.26. The van der Waals surface area contributed by atoms with E-state index in [1.807, 2.05) is 48.5 Å². The van der Waals surface area contributed by atoms with Crippen LogP contribution in [0.2, 0.25) is 0 Å². The molecule has 1 heterocycles. The number of nitrogen functional groups attached to an aromatic ring is 1. The standard InChI is InChI=1S/C22H19N3O2.C6H12O4/c23-19-3-1-2-4-20(19)25-16-9-10-17-14(11-16)7-5-13-6-8-15(22(24)27)12-18(13)21(17)26;7-3-5-1-4(8)2-6(9)10-5/h1-4,6,8-12,25H,5,7,23H2,(H2,24,27);4-9H,1-3H2. The van der Waals surface area contributed by atoms with Crippen LogP contribution in [0.15, 0.2) is 60.7 Å². The Kier molecular flexibility index (Phi) is 8.20. The molecule has 0 saturated carbocycles. The summed E-state index contributed by atoms with van der Waals surface area (Å²) < 4.78 is 4.85. The van der Waals surface area contributed by atoms with Gasteiger partial charge in [0.2, 0.25) is 5.91 Å². The zero-order valence-corrected chi connectivity index (χ0v) is 20.3. The Balaban J connectivity index is 0.000000270. The minimum absolute atomic E-state index is 0.0774. The van der Waals surface area contributed by atoms with Gasteiger partial charge in [0.05, 0.1) is 30.2 Å². The first-order valence-electron chi connectivity index (χ1n) is 12.1. The number of benzene rings is 3. The summed E-state index contributed by atoms with van der Waals surface area (Å²) >= 11 is 0. The first-order valence-corrected chi connectivity index (χ1v) is 12.1. The molecule has 3 unspecified atom stereocenters. The van der Waals surface area contributed by atoms with Gasteiger partial charge >= 0.3 is 0 Å². The molecule has 0 bridgehead atoms. The normalized spacial score (nSPS) is 20.5. The van der Waals surface area contributed by atoms with Crippen LogP contribution in [0, 0.1) is 0 Å². The third-order valence-corrected chi connectivity index (χ3v) is 6.45. The quantitative estimate of drug-likeness (QED) is 0.294. The summed E-state index contributed by atoms with van der Waals surface area (Å²) in [6, 6.07) is 18.3. The van der Waals surface area contributed by atoms with Crippen LogP contribution in [0.5, 0.6) is 0 Å². The number of primary amides is 1. The van der Waals surface area contributed by atoms with E-state index < -0.39 is 24.4 Å². The monoisotopic (exact) mass is 505 g/mol. The lowest BCUT2D eigenvalue weighted by atomic mass is 9.96. The van der Waals surface area contributed by atoms with Gasteiger partial charge in [0.1, 0.15) is 0 Å². The predicted molar refractivity (Wildman–Crippen MR) is 140 cm³/mol. The number of ether oxygens (including phenoxy) is 1. The molecule has 8 N–H and O–H groups in total. The number of aliphatic hydroxyl groups excluding tert-OH is 3. The number of hydrogen-bond acceptors (Lipinski definition) is 8. The highest BCUT2D eigenvalue weighted by Crippen LogP contribution is 2.29. The fourth-order valence-corrected chi connectivity index (χ4v) is 4.52. The summed E-state index contributed by atoms with van der Waals surface area (Å²) in [6.07, 6.45) is 0.262. The number of fused-ring (bicyclic) bond motifs is 2. The van der Waals surface area contributed by atoms with Gasteiger partial charge in [-0.3, -0.25) is 9.59 Å². The summed E-state index contributed by atoms with van der Waals surface area (Å²) in [4.78, 5) is 24.5. The first-order chi connectivity index (χ1) is 17.7. The number of para-hydroxylation sites is 2. The van der Waals surface area contributed by atoms with Crippen LogP contribution < -0.4 is 16.8 Å². The van der Waals surface area contributed by atoms with Gasteiger partial charge in [-0.05, 0) is 66.4 Å². The van der Waals surface area contributed by atoms with Crippen molar-refractivity contribution in [2.75, 3.05) is 17.7 Å². The number of anilines is 3. The van der Waals surface area contributed by atoms with Crippen molar-refractivity contribution in [2.24, 2.45) is 5.73 Å². The van der Waals surface area contributed by atoms with E-state index in [9.17, 15) is 9.59 Å². The van der Waals surface area contributed by atoms with E-state index >= 15 is 0 Å².